The third-order valence-electron chi connectivity index (χ3n) is 2.16. The Labute approximate surface area is 100 Å². The van der Waals surface area contributed by atoms with E-state index in [2.05, 4.69) is 10.3 Å². The lowest BCUT2D eigenvalue weighted by Crippen LogP contribution is -2.30. The van der Waals surface area contributed by atoms with Gasteiger partial charge in [-0.15, -0.1) is 0 Å². The highest BCUT2D eigenvalue weighted by Gasteiger charge is 2.14. The predicted molar refractivity (Wildman–Crippen MR) is 67.2 cm³/mol. The van der Waals surface area contributed by atoms with Gasteiger partial charge in [-0.3, -0.25) is 0 Å². The molecule has 0 fully saturated rings. The first-order valence-corrected chi connectivity index (χ1v) is 5.30. The number of pyridine rings is 1. The van der Waals surface area contributed by atoms with Crippen LogP contribution in [0.4, 0.5) is 11.5 Å². The van der Waals surface area contributed by atoms with Gasteiger partial charge in [-0.25, -0.2) is 9.78 Å². The molecular formula is C11H18N4O2. The Morgan fingerprint density at radius 3 is 2.82 bits per heavy atom. The lowest BCUT2D eigenvalue weighted by molar-refractivity contribution is 0.0697. The van der Waals surface area contributed by atoms with Gasteiger partial charge in [0.05, 0.1) is 11.9 Å². The molecule has 0 amide bonds. The summed E-state index contributed by atoms with van der Waals surface area (Å²) in [5.41, 5.74) is 5.95. The van der Waals surface area contributed by atoms with E-state index in [1.165, 1.54) is 12.3 Å². The third-order valence-corrected chi connectivity index (χ3v) is 2.16. The lowest BCUT2D eigenvalue weighted by Gasteiger charge is -2.19. The van der Waals surface area contributed by atoms with Crippen molar-refractivity contribution in [3.8, 4) is 0 Å². The first-order valence-electron chi connectivity index (χ1n) is 5.30. The van der Waals surface area contributed by atoms with E-state index in [0.29, 0.717) is 11.5 Å². The van der Waals surface area contributed by atoms with E-state index in [9.17, 15) is 4.79 Å². The van der Waals surface area contributed by atoms with Crippen LogP contribution in [0.1, 0.15) is 17.3 Å². The Kier molecular flexibility index (Phi) is 4.28. The van der Waals surface area contributed by atoms with E-state index in [0.717, 1.165) is 6.54 Å². The minimum absolute atomic E-state index is 0.0932. The van der Waals surface area contributed by atoms with Gasteiger partial charge in [-0.1, -0.05) is 0 Å². The van der Waals surface area contributed by atoms with Crippen LogP contribution < -0.4 is 11.1 Å². The topological polar surface area (TPSA) is 91.5 Å². The zero-order valence-corrected chi connectivity index (χ0v) is 10.3. The summed E-state index contributed by atoms with van der Waals surface area (Å²) in [7, 11) is 3.90. The molecule has 1 rings (SSSR count). The van der Waals surface area contributed by atoms with Crippen LogP contribution in [0.3, 0.4) is 0 Å². The van der Waals surface area contributed by atoms with Crippen molar-refractivity contribution in [2.24, 2.45) is 0 Å². The molecule has 0 aliphatic heterocycles. The number of carboxylic acid groups (broad SMARTS) is 1. The molecule has 94 valence electrons. The van der Waals surface area contributed by atoms with Crippen molar-refractivity contribution < 1.29 is 9.90 Å². The molecule has 1 heterocycles. The molecule has 6 heteroatoms. The Balaban J connectivity index is 2.86. The zero-order chi connectivity index (χ0) is 13.0. The van der Waals surface area contributed by atoms with Crippen LogP contribution in [-0.4, -0.2) is 47.6 Å². The van der Waals surface area contributed by atoms with Gasteiger partial charge in [-0.2, -0.15) is 0 Å². The summed E-state index contributed by atoms with van der Waals surface area (Å²) >= 11 is 0. The molecule has 0 saturated carbocycles. The van der Waals surface area contributed by atoms with Gasteiger partial charge in [0.25, 0.3) is 0 Å². The smallest absolute Gasteiger partial charge is 0.339 e. The van der Waals surface area contributed by atoms with E-state index in [1.54, 1.807) is 0 Å². The summed E-state index contributed by atoms with van der Waals surface area (Å²) in [5.74, 6) is -0.689. The molecule has 1 aromatic heterocycles. The van der Waals surface area contributed by atoms with Gasteiger partial charge in [-0.05, 0) is 27.1 Å². The largest absolute Gasteiger partial charge is 0.478 e. The Bertz CT molecular complexity index is 406. The van der Waals surface area contributed by atoms with Gasteiger partial charge < -0.3 is 21.1 Å². The van der Waals surface area contributed by atoms with E-state index in [-0.39, 0.29) is 11.6 Å². The van der Waals surface area contributed by atoms with Crippen molar-refractivity contribution in [1.29, 1.82) is 0 Å². The van der Waals surface area contributed by atoms with Gasteiger partial charge in [0.15, 0.2) is 0 Å². The molecule has 1 aromatic rings. The molecule has 1 unspecified atom stereocenters. The number of rotatable bonds is 5. The fourth-order valence-corrected chi connectivity index (χ4v) is 1.59. The second-order valence-corrected chi connectivity index (χ2v) is 4.28. The van der Waals surface area contributed by atoms with Gasteiger partial charge in [0.2, 0.25) is 0 Å². The molecule has 0 aromatic carbocycles. The quantitative estimate of drug-likeness (QED) is 0.700. The number of aromatic nitrogens is 1. The highest BCUT2D eigenvalue weighted by molar-refractivity contribution is 5.94. The Morgan fingerprint density at radius 1 is 1.65 bits per heavy atom. The molecule has 17 heavy (non-hydrogen) atoms. The van der Waals surface area contributed by atoms with Crippen LogP contribution in [0.15, 0.2) is 12.3 Å². The second kappa shape index (κ2) is 5.49. The standard InChI is InChI=1S/C11H18N4O2/c1-7(6-15(2)3)14-10-9(11(16)17)4-8(12)5-13-10/h4-5,7H,6,12H2,1-3H3,(H,13,14)(H,16,17). The number of aromatic carboxylic acids is 1. The van der Waals surface area contributed by atoms with Gasteiger partial charge in [0.1, 0.15) is 11.4 Å². The monoisotopic (exact) mass is 238 g/mol. The SMILES string of the molecule is CC(CN(C)C)Nc1ncc(N)cc1C(=O)O. The third kappa shape index (κ3) is 3.92. The number of hydrogen-bond acceptors (Lipinski definition) is 5. The van der Waals surface area contributed by atoms with Crippen molar-refractivity contribution in [3.05, 3.63) is 17.8 Å². The fourth-order valence-electron chi connectivity index (χ4n) is 1.59. The Hall–Kier alpha value is -1.82. The molecule has 4 N–H and O–H groups in total. The molecular weight excluding hydrogens is 220 g/mol. The van der Waals surface area contributed by atoms with Crippen LogP contribution in [0.25, 0.3) is 0 Å². The molecule has 0 aliphatic carbocycles. The van der Waals surface area contributed by atoms with Crippen molar-refractivity contribution in [3.63, 3.8) is 0 Å². The van der Waals surface area contributed by atoms with E-state index >= 15 is 0 Å². The highest BCUT2D eigenvalue weighted by Crippen LogP contribution is 2.16. The van der Waals surface area contributed by atoms with Crippen LogP contribution in [0.5, 0.6) is 0 Å². The zero-order valence-electron chi connectivity index (χ0n) is 10.3. The maximum Gasteiger partial charge on any atom is 0.339 e. The first kappa shape index (κ1) is 13.2. The van der Waals surface area contributed by atoms with Crippen LogP contribution in [0, 0.1) is 0 Å². The van der Waals surface area contributed by atoms with Crippen LogP contribution in [-0.2, 0) is 0 Å². The second-order valence-electron chi connectivity index (χ2n) is 4.28. The normalized spacial score (nSPS) is 12.5. The van der Waals surface area contributed by atoms with E-state index in [1.807, 2.05) is 25.9 Å². The van der Waals surface area contributed by atoms with Crippen LogP contribution >= 0.6 is 0 Å². The minimum atomic E-state index is -1.04. The number of nitrogens with zero attached hydrogens (tertiary/aromatic N) is 2. The molecule has 0 spiro atoms. The summed E-state index contributed by atoms with van der Waals surface area (Å²) in [6.45, 7) is 2.74. The van der Waals surface area contributed by atoms with E-state index in [4.69, 9.17) is 10.8 Å². The molecule has 0 radical (unpaired) electrons. The van der Waals surface area contributed by atoms with Gasteiger partial charge in [0, 0.05) is 12.6 Å². The molecule has 0 bridgehead atoms. The molecule has 6 nitrogen and oxygen atoms in total. The van der Waals surface area contributed by atoms with Crippen molar-refractivity contribution >= 4 is 17.5 Å². The summed E-state index contributed by atoms with van der Waals surface area (Å²) < 4.78 is 0. The number of likely N-dealkylation sites (N-methyl/N-ethyl adjacent to an activating group) is 1. The van der Waals surface area contributed by atoms with Crippen molar-refractivity contribution in [2.75, 3.05) is 31.7 Å². The number of anilines is 2. The van der Waals surface area contributed by atoms with Gasteiger partial charge >= 0.3 is 5.97 Å². The van der Waals surface area contributed by atoms with Crippen molar-refractivity contribution in [1.82, 2.24) is 9.88 Å². The van der Waals surface area contributed by atoms with Crippen molar-refractivity contribution in [2.45, 2.75) is 13.0 Å². The average molecular weight is 238 g/mol. The average Bonchev–Trinajstić information content (AvgIpc) is 2.19. The summed E-state index contributed by atoms with van der Waals surface area (Å²) in [4.78, 5) is 17.1. The number of nitrogens with two attached hydrogens (primary N) is 1. The highest BCUT2D eigenvalue weighted by atomic mass is 16.4. The summed E-state index contributed by atoms with van der Waals surface area (Å²) in [6, 6.07) is 1.50. The fraction of sp³-hybridized carbons (Fsp3) is 0.455. The first-order chi connectivity index (χ1) is 7.90. The number of nitrogens with one attached hydrogen (secondary N) is 1. The molecule has 1 atom stereocenters. The lowest BCUT2D eigenvalue weighted by atomic mass is 10.2. The number of carboxylic acids is 1. The minimum Gasteiger partial charge on any atom is -0.478 e. The van der Waals surface area contributed by atoms with E-state index < -0.39 is 5.97 Å². The summed E-state index contributed by atoms with van der Waals surface area (Å²) in [5, 5.41) is 12.1. The van der Waals surface area contributed by atoms with Crippen LogP contribution in [0.2, 0.25) is 0 Å². The Morgan fingerprint density at radius 2 is 2.29 bits per heavy atom. The summed E-state index contributed by atoms with van der Waals surface area (Å²) in [6.07, 6.45) is 1.44. The maximum atomic E-state index is 11.0. The molecule has 0 aliphatic rings. The molecule has 0 saturated heterocycles. The number of nitrogen functional groups attached to an aromatic ring is 1. The maximum absolute atomic E-state index is 11.0. The number of hydrogen-bond donors (Lipinski definition) is 3. The predicted octanol–water partition coefficient (Wildman–Crippen LogP) is 0.724. The number of carbonyl (C=O) groups is 1.